The molecule has 0 saturated heterocycles. The van der Waals surface area contributed by atoms with Gasteiger partial charge in [0.1, 0.15) is 5.75 Å². The van der Waals surface area contributed by atoms with E-state index in [1.54, 1.807) is 7.11 Å². The summed E-state index contributed by atoms with van der Waals surface area (Å²) in [5, 5.41) is 3.29. The van der Waals surface area contributed by atoms with Crippen molar-refractivity contribution in [1.29, 1.82) is 0 Å². The van der Waals surface area contributed by atoms with Crippen LogP contribution in [0.3, 0.4) is 0 Å². The summed E-state index contributed by atoms with van der Waals surface area (Å²) in [5.41, 5.74) is 2.41. The predicted molar refractivity (Wildman–Crippen MR) is 71.9 cm³/mol. The second kappa shape index (κ2) is 6.06. The molecule has 0 aliphatic rings. The number of ether oxygens (including phenoxy) is 1. The average molecular weight is 284 g/mol. The first-order valence-electron chi connectivity index (χ1n) is 5.23. The van der Waals surface area contributed by atoms with Crippen LogP contribution >= 0.6 is 15.9 Å². The number of halogens is 1. The molecule has 1 aromatic carbocycles. The molecule has 0 fully saturated rings. The number of methoxy groups -OCH3 is 1. The quantitative estimate of drug-likeness (QED) is 0.833. The van der Waals surface area contributed by atoms with Gasteiger partial charge in [0.05, 0.1) is 11.6 Å². The molecule has 0 aliphatic heterocycles. The number of hydrogen-bond acceptors (Lipinski definition) is 2. The number of nitrogens with one attached hydrogen (secondary N) is 1. The molecule has 88 valence electrons. The van der Waals surface area contributed by atoms with E-state index in [-0.39, 0.29) is 0 Å². The van der Waals surface area contributed by atoms with Crippen molar-refractivity contribution in [1.82, 2.24) is 5.32 Å². The minimum atomic E-state index is 0.305. The molecule has 0 saturated carbocycles. The van der Waals surface area contributed by atoms with Gasteiger partial charge in [0.25, 0.3) is 0 Å². The number of hydrogen-bond donors (Lipinski definition) is 1. The van der Waals surface area contributed by atoms with Crippen LogP contribution < -0.4 is 10.1 Å². The smallest absolute Gasteiger partial charge is 0.133 e. The van der Waals surface area contributed by atoms with Crippen LogP contribution in [-0.4, -0.2) is 14.2 Å². The summed E-state index contributed by atoms with van der Waals surface area (Å²) in [6.45, 7) is 5.99. The molecule has 0 bridgehead atoms. The number of benzene rings is 1. The molecular formula is C13H18BrNO. The highest BCUT2D eigenvalue weighted by molar-refractivity contribution is 9.10. The van der Waals surface area contributed by atoms with E-state index in [0.717, 1.165) is 16.6 Å². The molecular weight excluding hydrogens is 266 g/mol. The van der Waals surface area contributed by atoms with Crippen LogP contribution in [-0.2, 0) is 0 Å². The van der Waals surface area contributed by atoms with Crippen LogP contribution in [0.2, 0.25) is 0 Å². The highest BCUT2D eigenvalue weighted by atomic mass is 79.9. The first-order chi connectivity index (χ1) is 7.58. The Morgan fingerprint density at radius 3 is 2.69 bits per heavy atom. The Hall–Kier alpha value is -0.800. The first kappa shape index (κ1) is 13.3. The van der Waals surface area contributed by atoms with E-state index in [0.29, 0.717) is 6.04 Å². The van der Waals surface area contributed by atoms with E-state index in [9.17, 15) is 0 Å². The van der Waals surface area contributed by atoms with E-state index >= 15 is 0 Å². The SMILES string of the molecule is C=C(C)CC(NC)c1ccc(OC)c(Br)c1. The van der Waals surface area contributed by atoms with Gasteiger partial charge in [-0.1, -0.05) is 11.6 Å². The number of rotatable bonds is 5. The van der Waals surface area contributed by atoms with Crippen LogP contribution in [0.15, 0.2) is 34.8 Å². The van der Waals surface area contributed by atoms with Crippen LogP contribution in [0.1, 0.15) is 24.9 Å². The predicted octanol–water partition coefficient (Wildman–Crippen LogP) is 3.68. The lowest BCUT2D eigenvalue weighted by Gasteiger charge is -2.17. The van der Waals surface area contributed by atoms with Gasteiger partial charge in [0, 0.05) is 6.04 Å². The Balaban J connectivity index is 2.93. The highest BCUT2D eigenvalue weighted by Crippen LogP contribution is 2.29. The molecule has 0 amide bonds. The molecule has 0 spiro atoms. The third-order valence-corrected chi connectivity index (χ3v) is 3.10. The van der Waals surface area contributed by atoms with Gasteiger partial charge in [-0.15, -0.1) is 6.58 Å². The van der Waals surface area contributed by atoms with Crippen LogP contribution in [0, 0.1) is 0 Å². The summed E-state index contributed by atoms with van der Waals surface area (Å²) in [4.78, 5) is 0. The summed E-state index contributed by atoms with van der Waals surface area (Å²) in [7, 11) is 3.63. The maximum absolute atomic E-state index is 5.21. The summed E-state index contributed by atoms with van der Waals surface area (Å²) >= 11 is 3.50. The third-order valence-electron chi connectivity index (χ3n) is 2.48. The molecule has 1 unspecified atom stereocenters. The molecule has 1 N–H and O–H groups in total. The summed E-state index contributed by atoms with van der Waals surface area (Å²) in [6, 6.07) is 6.44. The highest BCUT2D eigenvalue weighted by Gasteiger charge is 2.11. The lowest BCUT2D eigenvalue weighted by Crippen LogP contribution is -2.16. The third kappa shape index (κ3) is 3.35. The zero-order chi connectivity index (χ0) is 12.1. The molecule has 0 aromatic heterocycles. The van der Waals surface area contributed by atoms with Crippen LogP contribution in [0.5, 0.6) is 5.75 Å². The Morgan fingerprint density at radius 2 is 2.25 bits per heavy atom. The van der Waals surface area contributed by atoms with E-state index in [1.165, 1.54) is 11.1 Å². The van der Waals surface area contributed by atoms with Crippen molar-refractivity contribution in [2.45, 2.75) is 19.4 Å². The van der Waals surface area contributed by atoms with Crippen molar-refractivity contribution < 1.29 is 4.74 Å². The molecule has 1 aromatic rings. The Bertz CT molecular complexity index is 376. The lowest BCUT2D eigenvalue weighted by molar-refractivity contribution is 0.411. The van der Waals surface area contributed by atoms with Gasteiger partial charge in [-0.3, -0.25) is 0 Å². The standard InChI is InChI=1S/C13H18BrNO/c1-9(2)7-12(15-3)10-5-6-13(16-4)11(14)8-10/h5-6,8,12,15H,1,7H2,2-4H3. The molecule has 0 heterocycles. The molecule has 1 atom stereocenters. The second-order valence-corrected chi connectivity index (χ2v) is 4.75. The monoisotopic (exact) mass is 283 g/mol. The fourth-order valence-corrected chi connectivity index (χ4v) is 2.19. The summed E-state index contributed by atoms with van der Waals surface area (Å²) in [6.07, 6.45) is 0.940. The van der Waals surface area contributed by atoms with Crippen LogP contribution in [0.4, 0.5) is 0 Å². The van der Waals surface area contributed by atoms with E-state index in [2.05, 4.69) is 40.0 Å². The van der Waals surface area contributed by atoms with Gasteiger partial charge in [-0.25, -0.2) is 0 Å². The zero-order valence-electron chi connectivity index (χ0n) is 10.0. The van der Waals surface area contributed by atoms with Gasteiger partial charge >= 0.3 is 0 Å². The normalized spacial score (nSPS) is 12.2. The van der Waals surface area contributed by atoms with Crippen molar-refractivity contribution in [3.63, 3.8) is 0 Å². The second-order valence-electron chi connectivity index (χ2n) is 3.90. The minimum Gasteiger partial charge on any atom is -0.496 e. The van der Waals surface area contributed by atoms with Gasteiger partial charge in [0.2, 0.25) is 0 Å². The van der Waals surface area contributed by atoms with Crippen molar-refractivity contribution in [2.75, 3.05) is 14.2 Å². The maximum atomic E-state index is 5.21. The van der Waals surface area contributed by atoms with E-state index in [4.69, 9.17) is 4.74 Å². The van der Waals surface area contributed by atoms with Crippen LogP contribution in [0.25, 0.3) is 0 Å². The summed E-state index contributed by atoms with van der Waals surface area (Å²) in [5.74, 6) is 0.855. The van der Waals surface area contributed by atoms with Crippen molar-refractivity contribution in [3.05, 3.63) is 40.4 Å². The minimum absolute atomic E-state index is 0.305. The largest absolute Gasteiger partial charge is 0.496 e. The first-order valence-corrected chi connectivity index (χ1v) is 6.03. The fraction of sp³-hybridized carbons (Fsp3) is 0.385. The summed E-state index contributed by atoms with van der Waals surface area (Å²) < 4.78 is 6.19. The Morgan fingerprint density at radius 1 is 1.56 bits per heavy atom. The molecule has 3 heteroatoms. The molecule has 1 rings (SSSR count). The molecule has 2 nitrogen and oxygen atoms in total. The van der Waals surface area contributed by atoms with Gasteiger partial charge in [0.15, 0.2) is 0 Å². The zero-order valence-corrected chi connectivity index (χ0v) is 11.6. The van der Waals surface area contributed by atoms with E-state index in [1.807, 2.05) is 20.0 Å². The fourth-order valence-electron chi connectivity index (χ4n) is 1.63. The molecule has 0 aliphatic carbocycles. The van der Waals surface area contributed by atoms with Gasteiger partial charge in [-0.05, 0) is 54.0 Å². The topological polar surface area (TPSA) is 21.3 Å². The molecule has 16 heavy (non-hydrogen) atoms. The lowest BCUT2D eigenvalue weighted by atomic mass is 10.0. The van der Waals surface area contributed by atoms with Gasteiger partial charge < -0.3 is 10.1 Å². The molecule has 0 radical (unpaired) electrons. The Kier molecular flexibility index (Phi) is 5.03. The average Bonchev–Trinajstić information content (AvgIpc) is 2.25. The maximum Gasteiger partial charge on any atom is 0.133 e. The van der Waals surface area contributed by atoms with Crippen molar-refractivity contribution >= 4 is 15.9 Å². The van der Waals surface area contributed by atoms with E-state index < -0.39 is 0 Å². The Labute approximate surface area is 106 Å². The van der Waals surface area contributed by atoms with Crippen molar-refractivity contribution in [2.24, 2.45) is 0 Å². The van der Waals surface area contributed by atoms with Gasteiger partial charge in [-0.2, -0.15) is 0 Å². The van der Waals surface area contributed by atoms with Crippen molar-refractivity contribution in [3.8, 4) is 5.75 Å².